The molecule has 0 unspecified atom stereocenters. The van der Waals surface area contributed by atoms with Gasteiger partial charge in [-0.15, -0.1) is 0 Å². The largest absolute Gasteiger partial charge is 0.329 e. The third-order valence-electron chi connectivity index (χ3n) is 3.59. The maximum absolute atomic E-state index is 12.0. The van der Waals surface area contributed by atoms with Gasteiger partial charge in [0.2, 0.25) is 5.91 Å². The van der Waals surface area contributed by atoms with Crippen LogP contribution in [0.25, 0.3) is 0 Å². The summed E-state index contributed by atoms with van der Waals surface area (Å²) in [5.41, 5.74) is 1.97. The lowest BCUT2D eigenvalue weighted by Crippen LogP contribution is -2.50. The van der Waals surface area contributed by atoms with Crippen molar-refractivity contribution in [3.05, 3.63) is 29.8 Å². The van der Waals surface area contributed by atoms with Crippen LogP contribution in [-0.2, 0) is 9.59 Å². The van der Waals surface area contributed by atoms with Crippen LogP contribution in [0.2, 0.25) is 0 Å². The van der Waals surface area contributed by atoms with Crippen LogP contribution in [0.15, 0.2) is 24.3 Å². The van der Waals surface area contributed by atoms with Crippen molar-refractivity contribution in [2.45, 2.75) is 13.8 Å². The number of carbonyl (C=O) groups excluding carboxylic acids is 2. The molecule has 1 aliphatic rings. The van der Waals surface area contributed by atoms with E-state index in [0.717, 1.165) is 11.3 Å². The van der Waals surface area contributed by atoms with Crippen LogP contribution in [0.3, 0.4) is 0 Å². The molecule has 0 spiro atoms. The van der Waals surface area contributed by atoms with Crippen molar-refractivity contribution in [2.24, 2.45) is 0 Å². The van der Waals surface area contributed by atoms with E-state index in [2.05, 4.69) is 17.2 Å². The Labute approximate surface area is 131 Å². The molecule has 0 aliphatic carbocycles. The van der Waals surface area contributed by atoms with Crippen LogP contribution in [0.1, 0.15) is 12.5 Å². The van der Waals surface area contributed by atoms with Gasteiger partial charge in [0.05, 0.1) is 6.54 Å². The first-order valence-corrected chi connectivity index (χ1v) is 7.39. The summed E-state index contributed by atoms with van der Waals surface area (Å²) >= 11 is 0. The van der Waals surface area contributed by atoms with Crippen LogP contribution in [-0.4, -0.2) is 54.3 Å². The summed E-state index contributed by atoms with van der Waals surface area (Å²) < 4.78 is 0. The van der Waals surface area contributed by atoms with Crippen molar-refractivity contribution >= 4 is 17.5 Å². The lowest BCUT2D eigenvalue weighted by atomic mass is 10.2. The van der Waals surface area contributed by atoms with E-state index in [-0.39, 0.29) is 11.8 Å². The third kappa shape index (κ3) is 4.61. The fraction of sp³-hybridized carbons (Fsp3) is 0.412. The number of hydrogen-bond acceptors (Lipinski definition) is 3. The minimum atomic E-state index is -0.133. The number of nitrogens with zero attached hydrogens (tertiary/aromatic N) is 2. The second-order valence-corrected chi connectivity index (χ2v) is 5.36. The van der Waals surface area contributed by atoms with Gasteiger partial charge in [-0.1, -0.05) is 23.6 Å². The highest BCUT2D eigenvalue weighted by molar-refractivity contribution is 5.94. The van der Waals surface area contributed by atoms with E-state index in [1.807, 2.05) is 36.1 Å². The summed E-state index contributed by atoms with van der Waals surface area (Å²) in [6.45, 7) is 6.63. The summed E-state index contributed by atoms with van der Waals surface area (Å²) in [5, 5.41) is 2.89. The van der Waals surface area contributed by atoms with Gasteiger partial charge >= 0.3 is 0 Å². The maximum atomic E-state index is 12.0. The van der Waals surface area contributed by atoms with Crippen molar-refractivity contribution in [3.63, 3.8) is 0 Å². The van der Waals surface area contributed by atoms with Crippen LogP contribution >= 0.6 is 0 Å². The quantitative estimate of drug-likeness (QED) is 0.851. The Morgan fingerprint density at radius 3 is 2.36 bits per heavy atom. The minimum Gasteiger partial charge on any atom is -0.329 e. The average molecular weight is 299 g/mol. The van der Waals surface area contributed by atoms with E-state index < -0.39 is 0 Å². The first kappa shape index (κ1) is 16.1. The molecule has 1 aromatic rings. The molecule has 5 heteroatoms. The molecule has 0 bridgehead atoms. The molecular weight excluding hydrogens is 278 g/mol. The fourth-order valence-electron chi connectivity index (χ4n) is 2.34. The highest BCUT2D eigenvalue weighted by Crippen LogP contribution is 2.09. The van der Waals surface area contributed by atoms with E-state index >= 15 is 0 Å². The number of carbonyl (C=O) groups is 2. The molecule has 0 radical (unpaired) electrons. The Morgan fingerprint density at radius 2 is 1.77 bits per heavy atom. The number of anilines is 1. The average Bonchev–Trinajstić information content (AvgIpc) is 2.50. The lowest BCUT2D eigenvalue weighted by Gasteiger charge is -2.33. The number of nitrogens with one attached hydrogen (secondary N) is 1. The first-order chi connectivity index (χ1) is 10.6. The molecule has 0 saturated carbocycles. The zero-order chi connectivity index (χ0) is 15.9. The molecule has 2 rings (SSSR count). The lowest BCUT2D eigenvalue weighted by molar-refractivity contribution is -0.127. The van der Waals surface area contributed by atoms with E-state index in [9.17, 15) is 9.59 Å². The van der Waals surface area contributed by atoms with Gasteiger partial charge in [0.25, 0.3) is 5.91 Å². The molecule has 5 nitrogen and oxygen atoms in total. The standard InChI is InChI=1S/C17H21N3O2/c1-3-4-17(22)20-11-9-19(10-12-20)13-16(21)18-15-7-5-14(2)6-8-15/h5-8H,9-13H2,1-2H3,(H,18,21). The Balaban J connectivity index is 1.77. The summed E-state index contributed by atoms with van der Waals surface area (Å²) in [4.78, 5) is 27.5. The van der Waals surface area contributed by atoms with E-state index in [1.54, 1.807) is 11.8 Å². The normalized spacial score (nSPS) is 14.9. The minimum absolute atomic E-state index is 0.0306. The molecular formula is C17H21N3O2. The molecule has 0 aromatic heterocycles. The summed E-state index contributed by atoms with van der Waals surface area (Å²) in [6, 6.07) is 7.73. The summed E-state index contributed by atoms with van der Waals surface area (Å²) in [5.74, 6) is 5.00. The summed E-state index contributed by atoms with van der Waals surface area (Å²) in [6.07, 6.45) is 0. The van der Waals surface area contributed by atoms with Crippen molar-refractivity contribution in [3.8, 4) is 11.8 Å². The van der Waals surface area contributed by atoms with Crippen molar-refractivity contribution in [1.29, 1.82) is 0 Å². The SMILES string of the molecule is CC#CC(=O)N1CCN(CC(=O)Nc2ccc(C)cc2)CC1. The second kappa shape index (κ2) is 7.62. The van der Waals surface area contributed by atoms with Crippen LogP contribution in [0.5, 0.6) is 0 Å². The van der Waals surface area contributed by atoms with Gasteiger partial charge in [-0.25, -0.2) is 0 Å². The monoisotopic (exact) mass is 299 g/mol. The summed E-state index contributed by atoms with van der Waals surface area (Å²) in [7, 11) is 0. The molecule has 1 fully saturated rings. The van der Waals surface area contributed by atoms with E-state index in [0.29, 0.717) is 32.7 Å². The highest BCUT2D eigenvalue weighted by Gasteiger charge is 2.21. The Hall–Kier alpha value is -2.32. The molecule has 1 aromatic carbocycles. The molecule has 116 valence electrons. The topological polar surface area (TPSA) is 52.7 Å². The van der Waals surface area contributed by atoms with Gasteiger partial charge in [-0.3, -0.25) is 14.5 Å². The van der Waals surface area contributed by atoms with E-state index in [1.165, 1.54) is 0 Å². The van der Waals surface area contributed by atoms with Crippen LogP contribution in [0.4, 0.5) is 5.69 Å². The smallest absolute Gasteiger partial charge is 0.298 e. The molecule has 1 saturated heterocycles. The van der Waals surface area contributed by atoms with Gasteiger partial charge in [-0.05, 0) is 31.9 Å². The third-order valence-corrected chi connectivity index (χ3v) is 3.59. The Morgan fingerprint density at radius 1 is 1.14 bits per heavy atom. The number of piperazine rings is 1. The van der Waals surface area contributed by atoms with E-state index in [4.69, 9.17) is 0 Å². The number of rotatable bonds is 3. The first-order valence-electron chi connectivity index (χ1n) is 7.39. The van der Waals surface area contributed by atoms with Crippen molar-refractivity contribution in [1.82, 2.24) is 9.80 Å². The molecule has 1 aliphatic heterocycles. The van der Waals surface area contributed by atoms with Gasteiger partial charge in [0.15, 0.2) is 0 Å². The molecule has 1 N–H and O–H groups in total. The molecule has 0 atom stereocenters. The van der Waals surface area contributed by atoms with Crippen molar-refractivity contribution < 1.29 is 9.59 Å². The predicted octanol–water partition coefficient (Wildman–Crippen LogP) is 1.10. The number of benzene rings is 1. The van der Waals surface area contributed by atoms with Gasteiger partial charge < -0.3 is 10.2 Å². The Kier molecular flexibility index (Phi) is 5.56. The van der Waals surface area contributed by atoms with Gasteiger partial charge in [0.1, 0.15) is 0 Å². The zero-order valence-electron chi connectivity index (χ0n) is 13.1. The second-order valence-electron chi connectivity index (χ2n) is 5.36. The number of amides is 2. The van der Waals surface area contributed by atoms with Gasteiger partial charge in [-0.2, -0.15) is 0 Å². The van der Waals surface area contributed by atoms with Crippen LogP contribution < -0.4 is 5.32 Å². The number of aryl methyl sites for hydroxylation is 1. The molecule has 1 heterocycles. The van der Waals surface area contributed by atoms with Crippen LogP contribution in [0, 0.1) is 18.8 Å². The highest BCUT2D eigenvalue weighted by atomic mass is 16.2. The van der Waals surface area contributed by atoms with Crippen molar-refractivity contribution in [2.75, 3.05) is 38.0 Å². The molecule has 2 amide bonds. The predicted molar refractivity (Wildman–Crippen MR) is 86.3 cm³/mol. The number of hydrogen-bond donors (Lipinski definition) is 1. The maximum Gasteiger partial charge on any atom is 0.298 e. The Bertz CT molecular complexity index is 591. The fourth-order valence-corrected chi connectivity index (χ4v) is 2.34. The zero-order valence-corrected chi connectivity index (χ0v) is 13.1. The van der Waals surface area contributed by atoms with Gasteiger partial charge in [0, 0.05) is 31.9 Å². The molecule has 22 heavy (non-hydrogen) atoms.